The van der Waals surface area contributed by atoms with Crippen LogP contribution in [0.15, 0.2) is 29.2 Å². The Morgan fingerprint density at radius 1 is 1.21 bits per heavy atom. The normalized spacial score (nSPS) is 11.8. The van der Waals surface area contributed by atoms with Gasteiger partial charge < -0.3 is 15.0 Å². The van der Waals surface area contributed by atoms with E-state index in [0.717, 1.165) is 12.2 Å². The average molecular weight is 287 g/mol. The van der Waals surface area contributed by atoms with Crippen LogP contribution in [0.1, 0.15) is 0 Å². The van der Waals surface area contributed by atoms with Crippen LogP contribution in [0.5, 0.6) is 0 Å². The van der Waals surface area contributed by atoms with E-state index < -0.39 is 10.0 Å². The van der Waals surface area contributed by atoms with Crippen molar-refractivity contribution < 1.29 is 13.2 Å². The molecule has 0 amide bonds. The Morgan fingerprint density at radius 3 is 2.37 bits per heavy atom. The summed E-state index contributed by atoms with van der Waals surface area (Å²) in [5, 5.41) is 8.15. The molecule has 108 valence electrons. The number of rotatable bonds is 8. The van der Waals surface area contributed by atoms with E-state index in [2.05, 4.69) is 10.2 Å². The summed E-state index contributed by atoms with van der Waals surface area (Å²) in [6, 6.07) is 6.31. The van der Waals surface area contributed by atoms with Gasteiger partial charge >= 0.3 is 0 Å². The summed E-state index contributed by atoms with van der Waals surface area (Å²) in [6.45, 7) is 2.86. The van der Waals surface area contributed by atoms with Gasteiger partial charge in [-0.1, -0.05) is 0 Å². The molecule has 0 aliphatic rings. The zero-order chi connectivity index (χ0) is 14.3. The molecule has 19 heavy (non-hydrogen) atoms. The molecule has 0 aliphatic heterocycles. The van der Waals surface area contributed by atoms with Crippen molar-refractivity contribution in [2.24, 2.45) is 5.14 Å². The number of ether oxygens (including phenoxy) is 1. The fraction of sp³-hybridized carbons (Fsp3) is 0.500. The highest BCUT2D eigenvalue weighted by atomic mass is 32.2. The molecule has 0 bridgehead atoms. The lowest BCUT2D eigenvalue weighted by Gasteiger charge is -2.11. The van der Waals surface area contributed by atoms with Gasteiger partial charge in [-0.3, -0.25) is 0 Å². The first-order valence-electron chi connectivity index (χ1n) is 5.99. The summed E-state index contributed by atoms with van der Waals surface area (Å²) in [7, 11) is 0.372. The lowest BCUT2D eigenvalue weighted by Crippen LogP contribution is -2.20. The van der Waals surface area contributed by atoms with E-state index in [1.807, 2.05) is 14.1 Å². The van der Waals surface area contributed by atoms with E-state index in [0.29, 0.717) is 19.8 Å². The van der Waals surface area contributed by atoms with Gasteiger partial charge in [0.15, 0.2) is 0 Å². The minimum atomic E-state index is -3.62. The fourth-order valence-corrected chi connectivity index (χ4v) is 1.89. The first-order valence-corrected chi connectivity index (χ1v) is 7.53. The van der Waals surface area contributed by atoms with Crippen molar-refractivity contribution >= 4 is 15.7 Å². The summed E-state index contributed by atoms with van der Waals surface area (Å²) in [5.41, 5.74) is 0.837. The van der Waals surface area contributed by atoms with Crippen LogP contribution in [-0.2, 0) is 14.8 Å². The molecular formula is C12H21N3O3S. The largest absolute Gasteiger partial charge is 0.383 e. The number of nitrogens with two attached hydrogens (primary N) is 1. The number of nitrogens with zero attached hydrogens (tertiary/aromatic N) is 1. The molecule has 0 saturated heterocycles. The summed E-state index contributed by atoms with van der Waals surface area (Å²) >= 11 is 0. The predicted octanol–water partition coefficient (Wildman–Crippen LogP) is 0.324. The highest BCUT2D eigenvalue weighted by Gasteiger charge is 2.06. The number of hydrogen-bond donors (Lipinski definition) is 2. The van der Waals surface area contributed by atoms with E-state index in [-0.39, 0.29) is 4.90 Å². The molecule has 0 atom stereocenters. The number of sulfonamides is 1. The second-order valence-electron chi connectivity index (χ2n) is 4.41. The SMILES string of the molecule is CN(C)CCOCCNc1ccc(S(N)(=O)=O)cc1. The summed E-state index contributed by atoms with van der Waals surface area (Å²) in [6.07, 6.45) is 0. The van der Waals surface area contributed by atoms with E-state index in [1.54, 1.807) is 12.1 Å². The number of likely N-dealkylation sites (N-methyl/N-ethyl adjacent to an activating group) is 1. The second kappa shape index (κ2) is 7.44. The third-order valence-electron chi connectivity index (χ3n) is 2.44. The topological polar surface area (TPSA) is 84.7 Å². The third kappa shape index (κ3) is 6.53. The molecule has 3 N–H and O–H groups in total. The maximum Gasteiger partial charge on any atom is 0.238 e. The van der Waals surface area contributed by atoms with Crippen molar-refractivity contribution in [3.05, 3.63) is 24.3 Å². The quantitative estimate of drug-likeness (QED) is 0.673. The van der Waals surface area contributed by atoms with E-state index in [1.165, 1.54) is 12.1 Å². The molecule has 0 heterocycles. The second-order valence-corrected chi connectivity index (χ2v) is 5.97. The first-order chi connectivity index (χ1) is 8.89. The summed E-state index contributed by atoms with van der Waals surface area (Å²) in [5.74, 6) is 0. The monoisotopic (exact) mass is 287 g/mol. The molecule has 1 aromatic rings. The van der Waals surface area contributed by atoms with Crippen LogP contribution >= 0.6 is 0 Å². The van der Waals surface area contributed by atoms with Crippen LogP contribution < -0.4 is 10.5 Å². The number of nitrogens with one attached hydrogen (secondary N) is 1. The Balaban J connectivity index is 2.27. The van der Waals surface area contributed by atoms with Crippen LogP contribution in [0.2, 0.25) is 0 Å². The van der Waals surface area contributed by atoms with Crippen LogP contribution in [0.4, 0.5) is 5.69 Å². The van der Waals surface area contributed by atoms with Gasteiger partial charge in [-0.05, 0) is 38.4 Å². The molecule has 0 radical (unpaired) electrons. The van der Waals surface area contributed by atoms with Crippen LogP contribution in [0, 0.1) is 0 Å². The van der Waals surface area contributed by atoms with Gasteiger partial charge in [-0.25, -0.2) is 13.6 Å². The summed E-state index contributed by atoms with van der Waals surface area (Å²) < 4.78 is 27.6. The van der Waals surface area contributed by atoms with Crippen molar-refractivity contribution in [2.45, 2.75) is 4.90 Å². The maximum absolute atomic E-state index is 11.1. The van der Waals surface area contributed by atoms with Crippen LogP contribution in [-0.4, -0.2) is 53.7 Å². The molecule has 0 spiro atoms. The van der Waals surface area contributed by atoms with Crippen LogP contribution in [0.3, 0.4) is 0 Å². The fourth-order valence-electron chi connectivity index (χ4n) is 1.38. The van der Waals surface area contributed by atoms with Gasteiger partial charge in [0.25, 0.3) is 0 Å². The third-order valence-corrected chi connectivity index (χ3v) is 3.37. The van der Waals surface area contributed by atoms with Gasteiger partial charge in [-0.15, -0.1) is 0 Å². The van der Waals surface area contributed by atoms with Gasteiger partial charge in [0.2, 0.25) is 10.0 Å². The van der Waals surface area contributed by atoms with Gasteiger partial charge in [0.1, 0.15) is 0 Å². The molecular weight excluding hydrogens is 266 g/mol. The number of primary sulfonamides is 1. The van der Waals surface area contributed by atoms with Gasteiger partial charge in [-0.2, -0.15) is 0 Å². The zero-order valence-corrected chi connectivity index (χ0v) is 12.1. The molecule has 6 nitrogen and oxygen atoms in total. The minimum Gasteiger partial charge on any atom is -0.383 e. The predicted molar refractivity (Wildman–Crippen MR) is 75.7 cm³/mol. The van der Waals surface area contributed by atoms with Crippen molar-refractivity contribution in [3.63, 3.8) is 0 Å². The first kappa shape index (κ1) is 15.9. The minimum absolute atomic E-state index is 0.111. The highest BCUT2D eigenvalue weighted by molar-refractivity contribution is 7.89. The Labute approximate surface area is 114 Å². The Morgan fingerprint density at radius 2 is 1.84 bits per heavy atom. The Kier molecular flexibility index (Phi) is 6.23. The lowest BCUT2D eigenvalue weighted by atomic mass is 10.3. The molecule has 0 fully saturated rings. The molecule has 7 heteroatoms. The smallest absolute Gasteiger partial charge is 0.238 e. The van der Waals surface area contributed by atoms with Gasteiger partial charge in [0, 0.05) is 18.8 Å². The molecule has 0 aromatic heterocycles. The highest BCUT2D eigenvalue weighted by Crippen LogP contribution is 2.12. The van der Waals surface area contributed by atoms with E-state index in [9.17, 15) is 8.42 Å². The maximum atomic E-state index is 11.1. The van der Waals surface area contributed by atoms with Crippen molar-refractivity contribution in [2.75, 3.05) is 45.7 Å². The van der Waals surface area contributed by atoms with Crippen molar-refractivity contribution in [3.8, 4) is 0 Å². The van der Waals surface area contributed by atoms with Crippen molar-refractivity contribution in [1.29, 1.82) is 0 Å². The molecule has 0 aliphatic carbocycles. The van der Waals surface area contributed by atoms with E-state index >= 15 is 0 Å². The van der Waals surface area contributed by atoms with Gasteiger partial charge in [0.05, 0.1) is 18.1 Å². The Bertz CT molecular complexity index is 471. The van der Waals surface area contributed by atoms with E-state index in [4.69, 9.17) is 9.88 Å². The number of anilines is 1. The van der Waals surface area contributed by atoms with Crippen LogP contribution in [0.25, 0.3) is 0 Å². The Hall–Kier alpha value is -1.15. The number of benzene rings is 1. The molecule has 1 aromatic carbocycles. The zero-order valence-electron chi connectivity index (χ0n) is 11.3. The standard InChI is InChI=1S/C12H21N3O3S/c1-15(2)8-10-18-9-7-14-11-3-5-12(6-4-11)19(13,16)17/h3-6,14H,7-10H2,1-2H3,(H2,13,16,17). The van der Waals surface area contributed by atoms with Crippen molar-refractivity contribution in [1.82, 2.24) is 4.90 Å². The molecule has 0 saturated carbocycles. The molecule has 1 rings (SSSR count). The summed E-state index contributed by atoms with van der Waals surface area (Å²) in [4.78, 5) is 2.17. The number of hydrogen-bond acceptors (Lipinski definition) is 5. The lowest BCUT2D eigenvalue weighted by molar-refractivity contribution is 0.126. The average Bonchev–Trinajstić information content (AvgIpc) is 2.32. The molecule has 0 unspecified atom stereocenters.